The van der Waals surface area contributed by atoms with Crippen LogP contribution in [0, 0.1) is 0 Å². The van der Waals surface area contributed by atoms with Crippen molar-refractivity contribution < 1.29 is 9.59 Å². The number of hydrogen-bond donors (Lipinski definition) is 2. The lowest BCUT2D eigenvalue weighted by molar-refractivity contribution is -0.134. The minimum absolute atomic E-state index is 0.0621. The topological polar surface area (TPSA) is 61.4 Å². The molecule has 0 aromatic rings. The van der Waals surface area contributed by atoms with Gasteiger partial charge in [-0.1, -0.05) is 0 Å². The summed E-state index contributed by atoms with van der Waals surface area (Å²) in [6.07, 6.45) is 1.29. The van der Waals surface area contributed by atoms with Crippen molar-refractivity contribution in [1.82, 2.24) is 15.5 Å². The van der Waals surface area contributed by atoms with Crippen LogP contribution in [-0.2, 0) is 9.59 Å². The van der Waals surface area contributed by atoms with Gasteiger partial charge < -0.3 is 10.2 Å². The van der Waals surface area contributed by atoms with Crippen LogP contribution in [0.3, 0.4) is 0 Å². The minimum Gasteiger partial charge on any atom is -0.350 e. The fraction of sp³-hybridized carbons (Fsp3) is 0.800. The van der Waals surface area contributed by atoms with E-state index in [9.17, 15) is 9.59 Å². The monoisotopic (exact) mass is 243 g/mol. The molecule has 2 aliphatic heterocycles. The Kier molecular flexibility index (Phi) is 3.70. The van der Waals surface area contributed by atoms with E-state index in [0.29, 0.717) is 13.0 Å². The first-order valence-corrected chi connectivity index (χ1v) is 6.68. The summed E-state index contributed by atoms with van der Waals surface area (Å²) in [6.45, 7) is 0.629. The van der Waals surface area contributed by atoms with E-state index in [1.54, 1.807) is 23.7 Å². The van der Waals surface area contributed by atoms with Crippen molar-refractivity contribution in [2.24, 2.45) is 0 Å². The summed E-state index contributed by atoms with van der Waals surface area (Å²) in [6, 6.07) is 0.0514. The Hall–Kier alpha value is -0.750. The Bertz CT molecular complexity index is 292. The third-order valence-electron chi connectivity index (χ3n) is 3.01. The van der Waals surface area contributed by atoms with Gasteiger partial charge in [0.25, 0.3) is 0 Å². The Morgan fingerprint density at radius 3 is 3.06 bits per heavy atom. The van der Waals surface area contributed by atoms with Crippen LogP contribution in [0.2, 0.25) is 0 Å². The second kappa shape index (κ2) is 5.05. The van der Waals surface area contributed by atoms with Gasteiger partial charge in [-0.05, 0) is 6.42 Å². The zero-order valence-electron chi connectivity index (χ0n) is 9.36. The lowest BCUT2D eigenvalue weighted by atomic mass is 10.1. The molecule has 2 amide bonds. The van der Waals surface area contributed by atoms with Crippen molar-refractivity contribution in [3.05, 3.63) is 0 Å². The quantitative estimate of drug-likeness (QED) is 0.679. The molecule has 0 bridgehead atoms. The number of likely N-dealkylation sites (N-methyl/N-ethyl adjacent to an activating group) is 1. The molecule has 0 aliphatic carbocycles. The number of nitrogens with zero attached hydrogens (tertiary/aromatic N) is 1. The summed E-state index contributed by atoms with van der Waals surface area (Å²) in [5.41, 5.74) is 0. The number of likely N-dealkylation sites (tertiary alicyclic amines) is 1. The summed E-state index contributed by atoms with van der Waals surface area (Å²) in [5, 5.41) is 6.14. The van der Waals surface area contributed by atoms with Crippen LogP contribution >= 0.6 is 11.8 Å². The number of rotatable bonds is 2. The zero-order chi connectivity index (χ0) is 11.5. The number of nitrogens with one attached hydrogen (secondary N) is 2. The minimum atomic E-state index is -0.0621. The Morgan fingerprint density at radius 2 is 2.44 bits per heavy atom. The molecule has 2 atom stereocenters. The van der Waals surface area contributed by atoms with E-state index in [1.165, 1.54) is 0 Å². The Balaban J connectivity index is 1.80. The molecule has 5 nitrogen and oxygen atoms in total. The van der Waals surface area contributed by atoms with E-state index < -0.39 is 0 Å². The number of piperidine rings is 1. The predicted molar refractivity (Wildman–Crippen MR) is 63.1 cm³/mol. The molecule has 2 aliphatic rings. The fourth-order valence-electron chi connectivity index (χ4n) is 2.00. The molecule has 2 rings (SSSR count). The Morgan fingerprint density at radius 1 is 1.62 bits per heavy atom. The maximum atomic E-state index is 11.8. The summed E-state index contributed by atoms with van der Waals surface area (Å²) >= 11 is 1.74. The molecule has 0 spiro atoms. The van der Waals surface area contributed by atoms with Gasteiger partial charge in [0.15, 0.2) is 0 Å². The van der Waals surface area contributed by atoms with Crippen LogP contribution in [0.5, 0.6) is 0 Å². The molecule has 0 radical (unpaired) electrons. The average molecular weight is 243 g/mol. The van der Waals surface area contributed by atoms with Crippen LogP contribution in [0.15, 0.2) is 0 Å². The summed E-state index contributed by atoms with van der Waals surface area (Å²) in [4.78, 5) is 24.8. The molecule has 2 saturated heterocycles. The molecule has 2 heterocycles. The number of hydrogen-bond acceptors (Lipinski definition) is 4. The first-order chi connectivity index (χ1) is 7.66. The van der Waals surface area contributed by atoms with Gasteiger partial charge in [0.1, 0.15) is 0 Å². The molecule has 90 valence electrons. The molecule has 1 unspecified atom stereocenters. The standard InChI is InChI=1S/C10H17N3O2S/c1-13-4-7(2-3-9(13)14)12-10(15)8-5-16-6-11-8/h7-8,11H,2-6H2,1H3,(H,12,15)/t7?,8-/m1/s1. The van der Waals surface area contributed by atoms with E-state index in [0.717, 1.165) is 18.1 Å². The highest BCUT2D eigenvalue weighted by molar-refractivity contribution is 7.99. The molecule has 6 heteroatoms. The number of amides is 2. The molecular weight excluding hydrogens is 226 g/mol. The smallest absolute Gasteiger partial charge is 0.238 e. The van der Waals surface area contributed by atoms with Crippen LogP contribution < -0.4 is 10.6 Å². The third-order valence-corrected chi connectivity index (χ3v) is 3.95. The second-order valence-electron chi connectivity index (χ2n) is 4.29. The van der Waals surface area contributed by atoms with Gasteiger partial charge in [0.2, 0.25) is 11.8 Å². The van der Waals surface area contributed by atoms with Crippen molar-refractivity contribution in [2.45, 2.75) is 24.9 Å². The van der Waals surface area contributed by atoms with Crippen LogP contribution in [0.25, 0.3) is 0 Å². The SMILES string of the molecule is CN1CC(NC(=O)[C@H]2CSCN2)CCC1=O. The van der Waals surface area contributed by atoms with Gasteiger partial charge in [0.05, 0.1) is 6.04 Å². The van der Waals surface area contributed by atoms with Crippen LogP contribution in [0.4, 0.5) is 0 Å². The number of carbonyl (C=O) groups excluding carboxylic acids is 2. The van der Waals surface area contributed by atoms with E-state index >= 15 is 0 Å². The normalized spacial score (nSPS) is 30.6. The summed E-state index contributed by atoms with van der Waals surface area (Å²) < 4.78 is 0. The highest BCUT2D eigenvalue weighted by Gasteiger charge is 2.28. The van der Waals surface area contributed by atoms with Crippen molar-refractivity contribution >= 4 is 23.6 Å². The van der Waals surface area contributed by atoms with E-state index in [4.69, 9.17) is 0 Å². The lowest BCUT2D eigenvalue weighted by Gasteiger charge is -2.30. The molecule has 2 N–H and O–H groups in total. The van der Waals surface area contributed by atoms with Gasteiger partial charge >= 0.3 is 0 Å². The van der Waals surface area contributed by atoms with E-state index in [-0.39, 0.29) is 23.9 Å². The maximum absolute atomic E-state index is 11.8. The highest BCUT2D eigenvalue weighted by Crippen LogP contribution is 2.12. The number of thioether (sulfide) groups is 1. The molecular formula is C10H17N3O2S. The molecule has 0 aromatic heterocycles. The van der Waals surface area contributed by atoms with Crippen molar-refractivity contribution in [2.75, 3.05) is 25.2 Å². The third kappa shape index (κ3) is 2.68. The zero-order valence-corrected chi connectivity index (χ0v) is 10.2. The van der Waals surface area contributed by atoms with Gasteiger partial charge in [-0.3, -0.25) is 14.9 Å². The molecule has 16 heavy (non-hydrogen) atoms. The van der Waals surface area contributed by atoms with Crippen LogP contribution in [0.1, 0.15) is 12.8 Å². The van der Waals surface area contributed by atoms with E-state index in [2.05, 4.69) is 10.6 Å². The van der Waals surface area contributed by atoms with Gasteiger partial charge in [-0.2, -0.15) is 0 Å². The molecule has 0 saturated carbocycles. The van der Waals surface area contributed by atoms with Gasteiger partial charge in [0, 0.05) is 37.7 Å². The van der Waals surface area contributed by atoms with Gasteiger partial charge in [-0.25, -0.2) is 0 Å². The molecule has 2 fully saturated rings. The highest BCUT2D eigenvalue weighted by atomic mass is 32.2. The number of carbonyl (C=O) groups is 2. The largest absolute Gasteiger partial charge is 0.350 e. The lowest BCUT2D eigenvalue weighted by Crippen LogP contribution is -2.52. The second-order valence-corrected chi connectivity index (χ2v) is 5.32. The Labute approximate surface area is 99.3 Å². The van der Waals surface area contributed by atoms with Crippen molar-refractivity contribution in [3.63, 3.8) is 0 Å². The van der Waals surface area contributed by atoms with Crippen molar-refractivity contribution in [3.8, 4) is 0 Å². The maximum Gasteiger partial charge on any atom is 0.238 e. The van der Waals surface area contributed by atoms with Crippen molar-refractivity contribution in [1.29, 1.82) is 0 Å². The fourth-order valence-corrected chi connectivity index (χ4v) is 2.94. The van der Waals surface area contributed by atoms with E-state index in [1.807, 2.05) is 0 Å². The summed E-state index contributed by atoms with van der Waals surface area (Å²) in [5.74, 6) is 1.92. The molecule has 0 aromatic carbocycles. The first kappa shape index (κ1) is 11.7. The average Bonchev–Trinajstić information content (AvgIpc) is 2.77. The summed E-state index contributed by atoms with van der Waals surface area (Å²) in [7, 11) is 1.78. The van der Waals surface area contributed by atoms with Crippen LogP contribution in [-0.4, -0.2) is 54.0 Å². The van der Waals surface area contributed by atoms with Gasteiger partial charge in [-0.15, -0.1) is 11.8 Å². The predicted octanol–water partition coefficient (Wildman–Crippen LogP) is -0.614. The first-order valence-electron chi connectivity index (χ1n) is 5.52.